The number of thiocarbonyl (C=S) groups is 1. The van der Waals surface area contributed by atoms with Crippen LogP contribution in [0.3, 0.4) is 0 Å². The molecule has 0 aromatic heterocycles. The molecule has 0 unspecified atom stereocenters. The number of ether oxygens (including phenoxy) is 3. The van der Waals surface area contributed by atoms with Crippen LogP contribution in [0.5, 0.6) is 0 Å². The van der Waals surface area contributed by atoms with Gasteiger partial charge in [-0.05, 0) is 69.0 Å². The maximum Gasteiger partial charge on any atom is 0.335 e. The van der Waals surface area contributed by atoms with Crippen LogP contribution in [0.2, 0.25) is 0 Å². The first kappa shape index (κ1) is 29.8. The summed E-state index contributed by atoms with van der Waals surface area (Å²) >= 11 is 6.09. The highest BCUT2D eigenvalue weighted by atomic mass is 32.2. The van der Waals surface area contributed by atoms with Crippen molar-refractivity contribution in [2.75, 3.05) is 19.8 Å². The van der Waals surface area contributed by atoms with Crippen molar-refractivity contribution >= 4 is 58.1 Å². The van der Waals surface area contributed by atoms with Crippen LogP contribution in [-0.2, 0) is 23.8 Å². The summed E-state index contributed by atoms with van der Waals surface area (Å²) in [7, 11) is 0. The number of esters is 2. The second-order valence-corrected chi connectivity index (χ2v) is 9.75. The fourth-order valence-electron chi connectivity index (χ4n) is 4.02. The van der Waals surface area contributed by atoms with E-state index in [0.717, 1.165) is 21.6 Å². The minimum absolute atomic E-state index is 0.0494. The summed E-state index contributed by atoms with van der Waals surface area (Å²) in [5, 5.41) is -1.32. The number of nitrogens with zero attached hydrogens (tertiary/aromatic N) is 2. The molecule has 1 aliphatic rings. The van der Waals surface area contributed by atoms with Crippen molar-refractivity contribution in [1.29, 1.82) is 0 Å². The zero-order chi connectivity index (χ0) is 28.5. The fraction of sp³-hybridized carbons (Fsp3) is 0.333. The topological polar surface area (TPSA) is 120 Å². The van der Waals surface area contributed by atoms with Gasteiger partial charge in [-0.1, -0.05) is 36.4 Å². The highest BCUT2D eigenvalue weighted by Crippen LogP contribution is 2.39. The summed E-state index contributed by atoms with van der Waals surface area (Å²) in [6.45, 7) is 4.83. The van der Waals surface area contributed by atoms with E-state index in [9.17, 15) is 24.0 Å². The van der Waals surface area contributed by atoms with Crippen molar-refractivity contribution in [3.05, 3.63) is 71.8 Å². The Balaban J connectivity index is 2.24. The minimum Gasteiger partial charge on any atom is -0.479 e. The largest absolute Gasteiger partial charge is 0.479 e. The van der Waals surface area contributed by atoms with Crippen LogP contribution in [0.15, 0.2) is 60.7 Å². The van der Waals surface area contributed by atoms with E-state index < -0.39 is 47.1 Å². The minimum atomic E-state index is -1.77. The van der Waals surface area contributed by atoms with Crippen LogP contribution >= 0.6 is 24.0 Å². The van der Waals surface area contributed by atoms with E-state index in [-0.39, 0.29) is 35.3 Å². The van der Waals surface area contributed by atoms with Gasteiger partial charge in [0.15, 0.2) is 5.92 Å². The Kier molecular flexibility index (Phi) is 10.6. The van der Waals surface area contributed by atoms with Gasteiger partial charge in [-0.25, -0.2) is 9.69 Å². The van der Waals surface area contributed by atoms with Gasteiger partial charge in [-0.3, -0.25) is 24.1 Å². The summed E-state index contributed by atoms with van der Waals surface area (Å²) in [6, 6.07) is 13.2. The number of amides is 4. The normalized spacial score (nSPS) is 16.7. The van der Waals surface area contributed by atoms with Crippen LogP contribution in [0.1, 0.15) is 41.5 Å². The summed E-state index contributed by atoms with van der Waals surface area (Å²) in [6.07, 6.45) is 0. The molecule has 1 aliphatic heterocycles. The molecule has 0 spiro atoms. The van der Waals surface area contributed by atoms with E-state index in [1.807, 2.05) is 0 Å². The first-order valence-electron chi connectivity index (χ1n) is 12.2. The number of hydrogen-bond acceptors (Lipinski definition) is 10. The third kappa shape index (κ3) is 6.63. The molecule has 0 radical (unpaired) electrons. The lowest BCUT2D eigenvalue weighted by atomic mass is 9.98. The van der Waals surface area contributed by atoms with E-state index >= 15 is 0 Å². The summed E-state index contributed by atoms with van der Waals surface area (Å²) in [4.78, 5) is 69.4. The van der Waals surface area contributed by atoms with Crippen molar-refractivity contribution in [2.45, 2.75) is 32.2 Å². The van der Waals surface area contributed by atoms with Gasteiger partial charge in [-0.15, -0.1) is 0 Å². The Labute approximate surface area is 235 Å². The third-order valence-electron chi connectivity index (χ3n) is 5.64. The monoisotopic (exact) mass is 572 g/mol. The molecule has 0 bridgehead atoms. The van der Waals surface area contributed by atoms with Gasteiger partial charge in [0.2, 0.25) is 4.38 Å². The summed E-state index contributed by atoms with van der Waals surface area (Å²) in [5.41, 5.74) is 0.253. The maximum atomic E-state index is 14.0. The summed E-state index contributed by atoms with van der Waals surface area (Å²) < 4.78 is 15.7. The number of rotatable bonds is 9. The molecule has 2 atom stereocenters. The molecule has 206 valence electrons. The molecule has 3 rings (SSSR count). The molecule has 4 amide bonds. The summed E-state index contributed by atoms with van der Waals surface area (Å²) in [5.74, 6) is -5.36. The molecule has 0 saturated carbocycles. The lowest BCUT2D eigenvalue weighted by Gasteiger charge is -2.30. The second-order valence-electron chi connectivity index (χ2n) is 8.03. The van der Waals surface area contributed by atoms with Gasteiger partial charge in [0.25, 0.3) is 11.8 Å². The maximum absolute atomic E-state index is 14.0. The Hall–Kier alpha value is -3.77. The van der Waals surface area contributed by atoms with E-state index in [1.165, 1.54) is 24.3 Å². The van der Waals surface area contributed by atoms with Crippen molar-refractivity contribution in [3.8, 4) is 0 Å². The van der Waals surface area contributed by atoms with E-state index in [4.69, 9.17) is 26.4 Å². The highest BCUT2D eigenvalue weighted by Gasteiger charge is 2.59. The van der Waals surface area contributed by atoms with E-state index in [2.05, 4.69) is 0 Å². The fourth-order valence-corrected chi connectivity index (χ4v) is 5.53. The number of imide groups is 2. The molecule has 10 nitrogen and oxygen atoms in total. The number of benzene rings is 2. The Bertz CT molecular complexity index is 1210. The zero-order valence-corrected chi connectivity index (χ0v) is 23.2. The number of carbonyl (C=O) groups excluding carboxylic acids is 5. The first-order chi connectivity index (χ1) is 18.8. The van der Waals surface area contributed by atoms with Crippen LogP contribution in [0.25, 0.3) is 0 Å². The quantitative estimate of drug-likeness (QED) is 0.249. The second kappa shape index (κ2) is 13.9. The van der Waals surface area contributed by atoms with Crippen LogP contribution < -0.4 is 0 Å². The molecule has 1 saturated heterocycles. The molecule has 0 N–H and O–H groups in total. The van der Waals surface area contributed by atoms with Crippen molar-refractivity contribution in [3.63, 3.8) is 0 Å². The Morgan fingerprint density at radius 3 is 1.64 bits per heavy atom. The average molecular weight is 573 g/mol. The van der Waals surface area contributed by atoms with Gasteiger partial charge in [0, 0.05) is 11.1 Å². The van der Waals surface area contributed by atoms with Gasteiger partial charge >= 0.3 is 18.0 Å². The predicted octanol–water partition coefficient (Wildman–Crippen LogP) is 3.90. The highest BCUT2D eigenvalue weighted by molar-refractivity contribution is 8.23. The lowest BCUT2D eigenvalue weighted by molar-refractivity contribution is -0.163. The number of thioether (sulfide) groups is 1. The van der Waals surface area contributed by atoms with Gasteiger partial charge < -0.3 is 14.2 Å². The molecule has 12 heteroatoms. The van der Waals surface area contributed by atoms with E-state index in [0.29, 0.717) is 0 Å². The Morgan fingerprint density at radius 2 is 1.21 bits per heavy atom. The van der Waals surface area contributed by atoms with E-state index in [1.54, 1.807) is 57.2 Å². The number of hydrogen-bond donors (Lipinski definition) is 0. The molecule has 2 aromatic rings. The molecular formula is C27H28N2O8S2. The van der Waals surface area contributed by atoms with Gasteiger partial charge in [-0.2, -0.15) is 0 Å². The molecule has 2 aromatic carbocycles. The molecule has 1 fully saturated rings. The lowest BCUT2D eigenvalue weighted by Crippen LogP contribution is -2.51. The van der Waals surface area contributed by atoms with Gasteiger partial charge in [0.05, 0.1) is 25.9 Å². The van der Waals surface area contributed by atoms with Crippen molar-refractivity contribution < 1.29 is 38.2 Å². The molecule has 1 heterocycles. The third-order valence-corrected chi connectivity index (χ3v) is 7.09. The predicted molar refractivity (Wildman–Crippen MR) is 147 cm³/mol. The molecule has 39 heavy (non-hydrogen) atoms. The van der Waals surface area contributed by atoms with Gasteiger partial charge in [0.1, 0.15) is 5.37 Å². The SMILES string of the molecule is CCOC(=O)C(C(=O)OCC)[C@@H]1[C@@H](SC(=S)OCC)N(C(=O)c2ccccc2)C(=O)N1C(=O)c1ccccc1. The van der Waals surface area contributed by atoms with Crippen LogP contribution in [-0.4, -0.2) is 75.2 Å². The number of carbonyl (C=O) groups is 5. The van der Waals surface area contributed by atoms with Crippen LogP contribution in [0.4, 0.5) is 4.79 Å². The van der Waals surface area contributed by atoms with Crippen molar-refractivity contribution in [2.24, 2.45) is 5.92 Å². The average Bonchev–Trinajstić information content (AvgIpc) is 3.20. The van der Waals surface area contributed by atoms with Crippen molar-refractivity contribution in [1.82, 2.24) is 9.80 Å². The first-order valence-corrected chi connectivity index (χ1v) is 13.5. The molecular weight excluding hydrogens is 544 g/mol. The Morgan fingerprint density at radius 1 is 0.769 bits per heavy atom. The standard InChI is InChI=1S/C27H28N2O8S2/c1-4-35-24(32)19(25(33)36-5-2)20-23(39-27(38)37-6-3)29(22(31)18-15-11-8-12-16-18)26(34)28(20)21(30)17-13-9-7-10-14-17/h7-16,19-20,23H,4-6H2,1-3H3/t20-,23-/m1/s1. The number of urea groups is 1. The molecule has 0 aliphatic carbocycles. The van der Waals surface area contributed by atoms with Crippen LogP contribution in [0, 0.1) is 5.92 Å². The smallest absolute Gasteiger partial charge is 0.335 e. The zero-order valence-electron chi connectivity index (χ0n) is 21.6.